The topological polar surface area (TPSA) is 56.8 Å². The summed E-state index contributed by atoms with van der Waals surface area (Å²) in [5, 5.41) is 4.32. The maximum atomic E-state index is 6.29. The first-order chi connectivity index (χ1) is 15.1. The summed E-state index contributed by atoms with van der Waals surface area (Å²) in [4.78, 5) is 15.8. The Labute approximate surface area is 186 Å². The molecular formula is C24H36N6O. The number of aromatic nitrogens is 2. The Bertz CT molecular complexity index is 926. The van der Waals surface area contributed by atoms with Crippen molar-refractivity contribution in [1.29, 1.82) is 0 Å². The van der Waals surface area contributed by atoms with Crippen LogP contribution in [-0.2, 0) is 0 Å². The van der Waals surface area contributed by atoms with Crippen LogP contribution in [0.2, 0.25) is 0 Å². The summed E-state index contributed by atoms with van der Waals surface area (Å²) in [6.07, 6.45) is 5.89. The third-order valence-corrected chi connectivity index (χ3v) is 5.48. The van der Waals surface area contributed by atoms with Crippen molar-refractivity contribution >= 4 is 22.4 Å². The molecule has 0 spiro atoms. The molecule has 1 aromatic carbocycles. The molecule has 1 aromatic heterocycles. The molecule has 0 aliphatic carbocycles. The molecule has 1 unspecified atom stereocenters. The summed E-state index contributed by atoms with van der Waals surface area (Å²) in [7, 11) is 4.14. The second-order valence-corrected chi connectivity index (χ2v) is 7.82. The first kappa shape index (κ1) is 22.9. The lowest BCUT2D eigenvalue weighted by Gasteiger charge is -2.46. The number of hydrogen-bond acceptors (Lipinski definition) is 7. The molecule has 168 valence electrons. The van der Waals surface area contributed by atoms with Gasteiger partial charge in [-0.3, -0.25) is 0 Å². The van der Waals surface area contributed by atoms with E-state index in [2.05, 4.69) is 81.9 Å². The summed E-state index contributed by atoms with van der Waals surface area (Å²) in [6, 6.07) is 4.51. The van der Waals surface area contributed by atoms with E-state index in [1.807, 2.05) is 13.8 Å². The number of benzene rings is 1. The number of anilines is 2. The van der Waals surface area contributed by atoms with Gasteiger partial charge in [0.1, 0.15) is 18.8 Å². The average Bonchev–Trinajstić information content (AvgIpc) is 2.79. The molecule has 31 heavy (non-hydrogen) atoms. The van der Waals surface area contributed by atoms with Crippen LogP contribution < -0.4 is 15.0 Å². The Morgan fingerprint density at radius 1 is 1.29 bits per heavy atom. The minimum absolute atomic E-state index is 0.305. The van der Waals surface area contributed by atoms with Gasteiger partial charge in [-0.2, -0.15) is 0 Å². The number of nitrogens with one attached hydrogen (secondary N) is 1. The van der Waals surface area contributed by atoms with E-state index in [9.17, 15) is 0 Å². The minimum Gasteiger partial charge on any atom is -0.488 e. The molecular weight excluding hydrogens is 388 g/mol. The van der Waals surface area contributed by atoms with Crippen molar-refractivity contribution < 1.29 is 4.74 Å². The molecule has 2 aromatic rings. The lowest BCUT2D eigenvalue weighted by atomic mass is 10.1. The predicted octanol–water partition coefficient (Wildman–Crippen LogP) is 3.60. The molecule has 2 aliphatic rings. The van der Waals surface area contributed by atoms with Crippen LogP contribution in [0.15, 0.2) is 42.9 Å². The molecule has 1 saturated heterocycles. The van der Waals surface area contributed by atoms with E-state index in [-0.39, 0.29) is 0 Å². The lowest BCUT2D eigenvalue weighted by molar-refractivity contribution is 0.197. The zero-order chi connectivity index (χ0) is 22.4. The number of nitrogens with zero attached hydrogens (tertiary/aromatic N) is 5. The van der Waals surface area contributed by atoms with Crippen molar-refractivity contribution in [2.45, 2.75) is 26.8 Å². The smallest absolute Gasteiger partial charge is 0.155 e. The normalized spacial score (nSPS) is 17.7. The third-order valence-electron chi connectivity index (χ3n) is 5.48. The maximum Gasteiger partial charge on any atom is 0.155 e. The largest absolute Gasteiger partial charge is 0.488 e. The third kappa shape index (κ3) is 4.93. The van der Waals surface area contributed by atoms with E-state index in [1.54, 1.807) is 6.33 Å². The van der Waals surface area contributed by atoms with Gasteiger partial charge in [0.25, 0.3) is 0 Å². The summed E-state index contributed by atoms with van der Waals surface area (Å²) >= 11 is 0. The van der Waals surface area contributed by atoms with Gasteiger partial charge in [0.15, 0.2) is 5.75 Å². The molecule has 0 amide bonds. The maximum absolute atomic E-state index is 6.29. The molecule has 0 saturated carbocycles. The van der Waals surface area contributed by atoms with Gasteiger partial charge < -0.3 is 24.8 Å². The van der Waals surface area contributed by atoms with Crippen LogP contribution in [0.3, 0.4) is 0 Å². The minimum atomic E-state index is 0.305. The van der Waals surface area contributed by atoms with Crippen LogP contribution in [0.5, 0.6) is 5.75 Å². The van der Waals surface area contributed by atoms with Gasteiger partial charge in [-0.25, -0.2) is 9.97 Å². The van der Waals surface area contributed by atoms with Crippen molar-refractivity contribution in [2.24, 2.45) is 0 Å². The van der Waals surface area contributed by atoms with Crippen LogP contribution in [0.25, 0.3) is 10.9 Å². The van der Waals surface area contributed by atoms with Crippen LogP contribution in [0, 0.1) is 0 Å². The molecule has 0 bridgehead atoms. The highest BCUT2D eigenvalue weighted by molar-refractivity contribution is 5.99. The van der Waals surface area contributed by atoms with Gasteiger partial charge in [0.05, 0.1) is 22.6 Å². The summed E-state index contributed by atoms with van der Waals surface area (Å²) in [5.74, 6) is 1.74. The van der Waals surface area contributed by atoms with Gasteiger partial charge >= 0.3 is 0 Å². The molecule has 0 radical (unpaired) electrons. The van der Waals surface area contributed by atoms with Gasteiger partial charge in [-0.1, -0.05) is 26.5 Å². The highest BCUT2D eigenvalue weighted by atomic mass is 16.5. The molecule has 4 rings (SSSR count). The van der Waals surface area contributed by atoms with E-state index < -0.39 is 0 Å². The fraction of sp³-hybridized carbons (Fsp3) is 0.500. The standard InChI is InChI=1S/C22H30N6O.C2H6/c1-5-23-22-20-18(24-15-25-22)8-9-19-21(20)29-14-17-13-27(11-12-28(17)19)16(2)7-6-10-26(3)4;1-2/h6-9,15,17H,2,5,10-14H2,1,3-4H3,(H,23,24,25);1-2H3/b7-6+;. The van der Waals surface area contributed by atoms with Gasteiger partial charge in [-0.15, -0.1) is 0 Å². The quantitative estimate of drug-likeness (QED) is 0.711. The van der Waals surface area contributed by atoms with E-state index in [0.717, 1.165) is 66.6 Å². The van der Waals surface area contributed by atoms with Crippen LogP contribution in [0.1, 0.15) is 20.8 Å². The first-order valence-corrected chi connectivity index (χ1v) is 11.2. The highest BCUT2D eigenvalue weighted by Crippen LogP contribution is 2.42. The molecule has 7 nitrogen and oxygen atoms in total. The summed E-state index contributed by atoms with van der Waals surface area (Å²) < 4.78 is 6.29. The molecule has 2 aliphatic heterocycles. The Morgan fingerprint density at radius 3 is 2.84 bits per heavy atom. The fourth-order valence-corrected chi connectivity index (χ4v) is 4.05. The Balaban J connectivity index is 0.00000132. The monoisotopic (exact) mass is 424 g/mol. The second-order valence-electron chi connectivity index (χ2n) is 7.82. The van der Waals surface area contributed by atoms with Crippen molar-refractivity contribution in [3.05, 3.63) is 42.9 Å². The molecule has 7 heteroatoms. The number of piperazine rings is 1. The molecule has 1 fully saturated rings. The number of likely N-dealkylation sites (N-methyl/N-ethyl adjacent to an activating group) is 1. The number of rotatable bonds is 6. The zero-order valence-electron chi connectivity index (χ0n) is 19.6. The van der Waals surface area contributed by atoms with Crippen molar-refractivity contribution in [3.63, 3.8) is 0 Å². The number of hydrogen-bond donors (Lipinski definition) is 1. The molecule has 3 heterocycles. The van der Waals surface area contributed by atoms with Gasteiger partial charge in [0.2, 0.25) is 0 Å². The average molecular weight is 425 g/mol. The Kier molecular flexibility index (Phi) is 7.74. The van der Waals surface area contributed by atoms with Crippen LogP contribution >= 0.6 is 0 Å². The van der Waals surface area contributed by atoms with Gasteiger partial charge in [0, 0.05) is 38.4 Å². The Morgan fingerprint density at radius 2 is 2.10 bits per heavy atom. The predicted molar refractivity (Wildman–Crippen MR) is 130 cm³/mol. The second kappa shape index (κ2) is 10.5. The zero-order valence-corrected chi connectivity index (χ0v) is 19.6. The van der Waals surface area contributed by atoms with Crippen LogP contribution in [0.4, 0.5) is 11.5 Å². The molecule has 1 atom stereocenters. The number of allylic oxidation sites excluding steroid dienone is 1. The van der Waals surface area contributed by atoms with Crippen molar-refractivity contribution in [3.8, 4) is 5.75 Å². The van der Waals surface area contributed by atoms with E-state index in [0.29, 0.717) is 12.6 Å². The fourth-order valence-electron chi connectivity index (χ4n) is 4.05. The highest BCUT2D eigenvalue weighted by Gasteiger charge is 2.34. The first-order valence-electron chi connectivity index (χ1n) is 11.2. The van der Waals surface area contributed by atoms with E-state index in [4.69, 9.17) is 4.74 Å². The summed E-state index contributed by atoms with van der Waals surface area (Å²) in [5.41, 5.74) is 3.11. The van der Waals surface area contributed by atoms with E-state index in [1.165, 1.54) is 0 Å². The number of ether oxygens (including phenoxy) is 1. The van der Waals surface area contributed by atoms with Gasteiger partial charge in [-0.05, 0) is 39.2 Å². The number of fused-ring (bicyclic) bond motifs is 5. The van der Waals surface area contributed by atoms with Crippen LogP contribution in [-0.4, -0.2) is 79.2 Å². The summed E-state index contributed by atoms with van der Waals surface area (Å²) in [6.45, 7) is 15.5. The Hall–Kier alpha value is -2.80. The SMILES string of the molecule is C=C(/C=C/CN(C)C)N1CCN2c3ccc4ncnc(NCC)c4c3OCC2C1.CC. The van der Waals surface area contributed by atoms with Crippen molar-refractivity contribution in [2.75, 3.05) is 63.6 Å². The molecule has 1 N–H and O–H groups in total. The van der Waals surface area contributed by atoms with E-state index >= 15 is 0 Å². The van der Waals surface area contributed by atoms with Crippen molar-refractivity contribution in [1.82, 2.24) is 19.8 Å². The lowest BCUT2D eigenvalue weighted by Crippen LogP contribution is -2.56.